The van der Waals surface area contributed by atoms with Crippen LogP contribution in [0.25, 0.3) is 0 Å². The van der Waals surface area contributed by atoms with Crippen LogP contribution in [0.3, 0.4) is 0 Å². The Kier molecular flexibility index (Phi) is 5.05. The minimum Gasteiger partial charge on any atom is -0.293 e. The molecule has 1 heterocycles. The minimum absolute atomic E-state index is 0.0498. The molecular formula is C11H23N3O. The summed E-state index contributed by atoms with van der Waals surface area (Å²) in [5.41, 5.74) is 2.27. The van der Waals surface area contributed by atoms with E-state index in [1.165, 1.54) is 25.7 Å². The second-order valence-corrected chi connectivity index (χ2v) is 4.37. The number of carbonyl (C=O) groups is 1. The van der Waals surface area contributed by atoms with E-state index < -0.39 is 0 Å². The van der Waals surface area contributed by atoms with Gasteiger partial charge < -0.3 is 0 Å². The second-order valence-electron chi connectivity index (χ2n) is 4.37. The third kappa shape index (κ3) is 3.18. The lowest BCUT2D eigenvalue weighted by Crippen LogP contribution is -2.51. The second kappa shape index (κ2) is 6.08. The van der Waals surface area contributed by atoms with Gasteiger partial charge in [-0.2, -0.15) is 0 Å². The molecule has 2 unspecified atom stereocenters. The molecule has 1 fully saturated rings. The number of hydrogen-bond acceptors (Lipinski definition) is 3. The van der Waals surface area contributed by atoms with Crippen LogP contribution >= 0.6 is 0 Å². The summed E-state index contributed by atoms with van der Waals surface area (Å²) in [6, 6.07) is 0.442. The fraction of sp³-hybridized carbons (Fsp3) is 0.909. The van der Waals surface area contributed by atoms with Gasteiger partial charge in [-0.05, 0) is 32.7 Å². The summed E-state index contributed by atoms with van der Waals surface area (Å²) in [6.45, 7) is 5.27. The fourth-order valence-electron chi connectivity index (χ4n) is 2.43. The highest BCUT2D eigenvalue weighted by Gasteiger charge is 2.28. The van der Waals surface area contributed by atoms with Gasteiger partial charge in [0.2, 0.25) is 0 Å². The van der Waals surface area contributed by atoms with Crippen LogP contribution in [-0.2, 0) is 4.79 Å². The summed E-state index contributed by atoms with van der Waals surface area (Å²) < 4.78 is 0. The maximum absolute atomic E-state index is 11.6. The minimum atomic E-state index is -0.0527. The Hall–Kier alpha value is -0.610. The standard InChI is InChI=1S/C11H23N3O/c1-3-10(11(15)13-12)14-8-6-4-5-7-9(14)2/h9-10H,3-8,12H2,1-2H3,(H,13,15). The number of likely N-dealkylation sites (tertiary alicyclic amines) is 1. The molecule has 4 nitrogen and oxygen atoms in total. The molecule has 15 heavy (non-hydrogen) atoms. The Bertz CT molecular complexity index is 208. The first-order valence-corrected chi connectivity index (χ1v) is 5.97. The molecule has 1 amide bonds. The topological polar surface area (TPSA) is 58.4 Å². The molecule has 0 saturated carbocycles. The van der Waals surface area contributed by atoms with E-state index in [0.29, 0.717) is 6.04 Å². The van der Waals surface area contributed by atoms with E-state index in [1.807, 2.05) is 6.92 Å². The molecule has 0 aromatic heterocycles. The Morgan fingerprint density at radius 3 is 2.87 bits per heavy atom. The van der Waals surface area contributed by atoms with Crippen LogP contribution in [0.5, 0.6) is 0 Å². The number of carbonyl (C=O) groups excluding carboxylic acids is 1. The van der Waals surface area contributed by atoms with Crippen LogP contribution in [0.15, 0.2) is 0 Å². The van der Waals surface area contributed by atoms with Crippen LogP contribution < -0.4 is 11.3 Å². The summed E-state index contributed by atoms with van der Waals surface area (Å²) in [5, 5.41) is 0. The molecular weight excluding hydrogens is 190 g/mol. The van der Waals surface area contributed by atoms with Crippen molar-refractivity contribution < 1.29 is 4.79 Å². The molecule has 0 aromatic rings. The molecule has 0 aliphatic carbocycles. The highest BCUT2D eigenvalue weighted by molar-refractivity contribution is 5.81. The van der Waals surface area contributed by atoms with Gasteiger partial charge in [-0.15, -0.1) is 0 Å². The molecule has 0 radical (unpaired) electrons. The summed E-state index contributed by atoms with van der Waals surface area (Å²) in [7, 11) is 0. The first kappa shape index (κ1) is 12.5. The average Bonchev–Trinajstić information content (AvgIpc) is 2.45. The molecule has 1 saturated heterocycles. The number of hydrogen-bond donors (Lipinski definition) is 2. The van der Waals surface area contributed by atoms with E-state index in [2.05, 4.69) is 17.2 Å². The molecule has 1 aliphatic heterocycles. The van der Waals surface area contributed by atoms with Gasteiger partial charge in [0.05, 0.1) is 6.04 Å². The average molecular weight is 213 g/mol. The zero-order valence-corrected chi connectivity index (χ0v) is 9.83. The predicted molar refractivity (Wildman–Crippen MR) is 61.0 cm³/mol. The maximum atomic E-state index is 11.6. The van der Waals surface area contributed by atoms with Gasteiger partial charge in [0.1, 0.15) is 0 Å². The molecule has 1 rings (SSSR count). The lowest BCUT2D eigenvalue weighted by atomic mass is 10.1. The first-order valence-electron chi connectivity index (χ1n) is 5.97. The van der Waals surface area contributed by atoms with Crippen molar-refractivity contribution in [1.29, 1.82) is 0 Å². The molecule has 0 spiro atoms. The highest BCUT2D eigenvalue weighted by atomic mass is 16.2. The van der Waals surface area contributed by atoms with Crippen molar-refractivity contribution in [3.05, 3.63) is 0 Å². The normalized spacial score (nSPS) is 25.7. The number of rotatable bonds is 3. The van der Waals surface area contributed by atoms with Gasteiger partial charge in [0, 0.05) is 6.04 Å². The summed E-state index contributed by atoms with van der Waals surface area (Å²) in [6.07, 6.45) is 5.76. The zero-order chi connectivity index (χ0) is 11.3. The van der Waals surface area contributed by atoms with Crippen molar-refractivity contribution in [1.82, 2.24) is 10.3 Å². The van der Waals surface area contributed by atoms with E-state index in [-0.39, 0.29) is 11.9 Å². The maximum Gasteiger partial charge on any atom is 0.251 e. The van der Waals surface area contributed by atoms with Gasteiger partial charge >= 0.3 is 0 Å². The predicted octanol–water partition coefficient (Wildman–Crippen LogP) is 1.02. The Balaban J connectivity index is 2.67. The van der Waals surface area contributed by atoms with Crippen LogP contribution in [0.2, 0.25) is 0 Å². The summed E-state index contributed by atoms with van der Waals surface area (Å²) in [5.74, 6) is 5.16. The van der Waals surface area contributed by atoms with Gasteiger partial charge in [-0.25, -0.2) is 5.84 Å². The number of amides is 1. The van der Waals surface area contributed by atoms with Gasteiger partial charge in [0.25, 0.3) is 5.91 Å². The molecule has 88 valence electrons. The lowest BCUT2D eigenvalue weighted by molar-refractivity contribution is -0.127. The smallest absolute Gasteiger partial charge is 0.251 e. The van der Waals surface area contributed by atoms with Crippen molar-refractivity contribution in [2.24, 2.45) is 5.84 Å². The monoisotopic (exact) mass is 213 g/mol. The van der Waals surface area contributed by atoms with Gasteiger partial charge in [0.15, 0.2) is 0 Å². The number of nitrogens with one attached hydrogen (secondary N) is 1. The largest absolute Gasteiger partial charge is 0.293 e. The Morgan fingerprint density at radius 2 is 2.27 bits per heavy atom. The summed E-state index contributed by atoms with van der Waals surface area (Å²) in [4.78, 5) is 13.9. The quantitative estimate of drug-likeness (QED) is 0.418. The van der Waals surface area contributed by atoms with Gasteiger partial charge in [-0.3, -0.25) is 15.1 Å². The van der Waals surface area contributed by atoms with E-state index >= 15 is 0 Å². The molecule has 0 aromatic carbocycles. The number of nitrogens with zero attached hydrogens (tertiary/aromatic N) is 1. The third-order valence-corrected chi connectivity index (χ3v) is 3.34. The SMILES string of the molecule is CCC(C(=O)NN)N1CCCCCC1C. The first-order chi connectivity index (χ1) is 7.20. The van der Waals surface area contributed by atoms with Crippen LogP contribution in [-0.4, -0.2) is 29.4 Å². The van der Waals surface area contributed by atoms with E-state index in [0.717, 1.165) is 13.0 Å². The molecule has 3 N–H and O–H groups in total. The highest BCUT2D eigenvalue weighted by Crippen LogP contribution is 2.20. The van der Waals surface area contributed by atoms with E-state index in [9.17, 15) is 4.79 Å². The number of hydrazine groups is 1. The molecule has 0 bridgehead atoms. The van der Waals surface area contributed by atoms with Gasteiger partial charge in [-0.1, -0.05) is 19.8 Å². The van der Waals surface area contributed by atoms with Crippen LogP contribution in [0, 0.1) is 0 Å². The van der Waals surface area contributed by atoms with Crippen LogP contribution in [0.4, 0.5) is 0 Å². The van der Waals surface area contributed by atoms with Crippen molar-refractivity contribution in [3.8, 4) is 0 Å². The molecule has 2 atom stereocenters. The van der Waals surface area contributed by atoms with Crippen LogP contribution in [0.1, 0.15) is 46.0 Å². The lowest BCUT2D eigenvalue weighted by Gasteiger charge is -2.33. The Labute approximate surface area is 92.2 Å². The third-order valence-electron chi connectivity index (χ3n) is 3.34. The van der Waals surface area contributed by atoms with E-state index in [4.69, 9.17) is 5.84 Å². The molecule has 4 heteroatoms. The van der Waals surface area contributed by atoms with Crippen molar-refractivity contribution in [2.75, 3.05) is 6.54 Å². The van der Waals surface area contributed by atoms with Crippen molar-refractivity contribution in [2.45, 2.75) is 58.0 Å². The fourth-order valence-corrected chi connectivity index (χ4v) is 2.43. The van der Waals surface area contributed by atoms with Crippen molar-refractivity contribution in [3.63, 3.8) is 0 Å². The molecule has 1 aliphatic rings. The van der Waals surface area contributed by atoms with Crippen molar-refractivity contribution >= 4 is 5.91 Å². The summed E-state index contributed by atoms with van der Waals surface area (Å²) >= 11 is 0. The van der Waals surface area contributed by atoms with E-state index in [1.54, 1.807) is 0 Å². The Morgan fingerprint density at radius 1 is 1.53 bits per heavy atom. The zero-order valence-electron chi connectivity index (χ0n) is 9.83. The number of nitrogens with two attached hydrogens (primary N) is 1.